The van der Waals surface area contributed by atoms with Gasteiger partial charge in [-0.15, -0.1) is 23.7 Å². The maximum absolute atomic E-state index is 12.0. The summed E-state index contributed by atoms with van der Waals surface area (Å²) in [5.41, 5.74) is 7.53. The topological polar surface area (TPSA) is 68.0 Å². The first-order chi connectivity index (χ1) is 9.38. The van der Waals surface area contributed by atoms with Crippen molar-refractivity contribution in [1.82, 2.24) is 4.98 Å². The fourth-order valence-electron chi connectivity index (χ4n) is 1.76. The monoisotopic (exact) mass is 327 g/mol. The van der Waals surface area contributed by atoms with Gasteiger partial charge in [0, 0.05) is 17.6 Å². The summed E-state index contributed by atoms with van der Waals surface area (Å²) in [5.74, 6) is 0.162. The number of anilines is 1. The van der Waals surface area contributed by atoms with E-state index >= 15 is 0 Å². The number of nitrogens with zero attached hydrogens (tertiary/aromatic N) is 1. The smallest absolute Gasteiger partial charge is 0.228 e. The fraction of sp³-hybridized carbons (Fsp3) is 0.467. The van der Waals surface area contributed by atoms with Gasteiger partial charge in [-0.05, 0) is 25.1 Å². The molecule has 2 aromatic rings. The van der Waals surface area contributed by atoms with Crippen LogP contribution in [0.3, 0.4) is 0 Å². The number of rotatable bonds is 4. The fourth-order valence-corrected chi connectivity index (χ4v) is 2.77. The molecule has 1 amide bonds. The Labute approximate surface area is 135 Å². The minimum atomic E-state index is -0.210. The standard InChI is InChI=1S/C15H21N3OS.ClH/c1-8(2)15-18-12-6-5-11(7-13(12)20-15)17-14(19)9(3)10(4)16;/h5-10H,16H2,1-4H3,(H,17,19);1H. The minimum Gasteiger partial charge on any atom is -0.327 e. The van der Waals surface area contributed by atoms with Gasteiger partial charge in [0.05, 0.1) is 21.1 Å². The molecular weight excluding hydrogens is 306 g/mol. The molecule has 0 aliphatic heterocycles. The van der Waals surface area contributed by atoms with Crippen molar-refractivity contribution in [2.75, 3.05) is 5.32 Å². The summed E-state index contributed by atoms with van der Waals surface area (Å²) < 4.78 is 1.10. The number of aromatic nitrogens is 1. The average Bonchev–Trinajstić information content (AvgIpc) is 2.80. The van der Waals surface area contributed by atoms with E-state index in [4.69, 9.17) is 5.73 Å². The number of benzene rings is 1. The summed E-state index contributed by atoms with van der Waals surface area (Å²) in [5, 5.41) is 4.03. The zero-order chi connectivity index (χ0) is 14.9. The van der Waals surface area contributed by atoms with Crippen LogP contribution in [0.5, 0.6) is 0 Å². The summed E-state index contributed by atoms with van der Waals surface area (Å²) in [6.45, 7) is 7.93. The van der Waals surface area contributed by atoms with E-state index in [2.05, 4.69) is 24.1 Å². The first-order valence-corrected chi connectivity index (χ1v) is 7.67. The Bertz CT molecular complexity index is 624. The van der Waals surface area contributed by atoms with Crippen LogP contribution in [0, 0.1) is 5.92 Å². The van der Waals surface area contributed by atoms with Gasteiger partial charge >= 0.3 is 0 Å². The number of hydrogen-bond acceptors (Lipinski definition) is 4. The summed E-state index contributed by atoms with van der Waals surface area (Å²) >= 11 is 1.67. The third-order valence-corrected chi connectivity index (χ3v) is 4.69. The minimum absolute atomic E-state index is 0. The predicted molar refractivity (Wildman–Crippen MR) is 92.4 cm³/mol. The highest BCUT2D eigenvalue weighted by Gasteiger charge is 2.17. The molecule has 0 bridgehead atoms. The van der Waals surface area contributed by atoms with E-state index in [9.17, 15) is 4.79 Å². The Morgan fingerprint density at radius 1 is 1.29 bits per heavy atom. The number of carbonyl (C=O) groups excluding carboxylic acids is 1. The molecular formula is C15H22ClN3OS. The lowest BCUT2D eigenvalue weighted by atomic mass is 10.0. The first-order valence-electron chi connectivity index (χ1n) is 6.85. The molecule has 0 aliphatic carbocycles. The highest BCUT2D eigenvalue weighted by molar-refractivity contribution is 7.18. The number of carbonyl (C=O) groups is 1. The largest absolute Gasteiger partial charge is 0.327 e. The summed E-state index contributed by atoms with van der Waals surface area (Å²) in [6.07, 6.45) is 0. The first kappa shape index (κ1) is 17.9. The zero-order valence-electron chi connectivity index (χ0n) is 12.7. The Morgan fingerprint density at radius 2 is 1.95 bits per heavy atom. The van der Waals surface area contributed by atoms with E-state index in [1.54, 1.807) is 11.3 Å². The third-order valence-electron chi connectivity index (χ3n) is 3.37. The normalized spacial score (nSPS) is 13.8. The molecule has 21 heavy (non-hydrogen) atoms. The van der Waals surface area contributed by atoms with Crippen molar-refractivity contribution in [3.63, 3.8) is 0 Å². The molecule has 1 aromatic carbocycles. The van der Waals surface area contributed by atoms with Gasteiger partial charge in [-0.2, -0.15) is 0 Å². The van der Waals surface area contributed by atoms with Gasteiger partial charge in [0.15, 0.2) is 0 Å². The molecule has 6 heteroatoms. The van der Waals surface area contributed by atoms with Crippen LogP contribution in [-0.4, -0.2) is 16.9 Å². The lowest BCUT2D eigenvalue weighted by Gasteiger charge is -2.15. The van der Waals surface area contributed by atoms with Crippen LogP contribution in [0.25, 0.3) is 10.2 Å². The second-order valence-electron chi connectivity index (χ2n) is 5.53. The second-order valence-corrected chi connectivity index (χ2v) is 6.59. The second kappa shape index (κ2) is 7.20. The van der Waals surface area contributed by atoms with Gasteiger partial charge in [-0.1, -0.05) is 20.8 Å². The lowest BCUT2D eigenvalue weighted by Crippen LogP contribution is -2.34. The predicted octanol–water partition coefficient (Wildman–Crippen LogP) is 3.76. The van der Waals surface area contributed by atoms with E-state index in [0.29, 0.717) is 5.92 Å². The van der Waals surface area contributed by atoms with Gasteiger partial charge in [0.2, 0.25) is 5.91 Å². The van der Waals surface area contributed by atoms with Crippen molar-refractivity contribution in [3.05, 3.63) is 23.2 Å². The Hall–Kier alpha value is -1.17. The van der Waals surface area contributed by atoms with Gasteiger partial charge in [-0.3, -0.25) is 4.79 Å². The van der Waals surface area contributed by atoms with Crippen LogP contribution < -0.4 is 11.1 Å². The molecule has 0 saturated heterocycles. The van der Waals surface area contributed by atoms with E-state index in [1.807, 2.05) is 32.0 Å². The number of fused-ring (bicyclic) bond motifs is 1. The molecule has 2 unspecified atom stereocenters. The number of nitrogens with one attached hydrogen (secondary N) is 1. The summed E-state index contributed by atoms with van der Waals surface area (Å²) in [4.78, 5) is 16.6. The highest BCUT2D eigenvalue weighted by atomic mass is 35.5. The Morgan fingerprint density at radius 3 is 2.52 bits per heavy atom. The number of hydrogen-bond donors (Lipinski definition) is 2. The van der Waals surface area contributed by atoms with E-state index < -0.39 is 0 Å². The molecule has 1 heterocycles. The van der Waals surface area contributed by atoms with Crippen LogP contribution in [0.4, 0.5) is 5.69 Å². The molecule has 4 nitrogen and oxygen atoms in total. The Balaban J connectivity index is 0.00000220. The molecule has 2 rings (SSSR count). The van der Waals surface area contributed by atoms with Crippen LogP contribution in [-0.2, 0) is 4.79 Å². The van der Waals surface area contributed by atoms with Gasteiger partial charge < -0.3 is 11.1 Å². The van der Waals surface area contributed by atoms with E-state index in [-0.39, 0.29) is 30.3 Å². The van der Waals surface area contributed by atoms with E-state index in [0.717, 1.165) is 20.9 Å². The molecule has 116 valence electrons. The molecule has 1 aromatic heterocycles. The van der Waals surface area contributed by atoms with Crippen LogP contribution in [0.1, 0.15) is 38.6 Å². The maximum atomic E-state index is 12.0. The molecule has 3 N–H and O–H groups in total. The Kier molecular flexibility index (Phi) is 6.13. The summed E-state index contributed by atoms with van der Waals surface area (Å²) in [6, 6.07) is 5.65. The van der Waals surface area contributed by atoms with Gasteiger partial charge in [-0.25, -0.2) is 4.98 Å². The summed E-state index contributed by atoms with van der Waals surface area (Å²) in [7, 11) is 0. The van der Waals surface area contributed by atoms with Crippen LogP contribution in [0.15, 0.2) is 18.2 Å². The molecule has 0 spiro atoms. The lowest BCUT2D eigenvalue weighted by molar-refractivity contribution is -0.119. The van der Waals surface area contributed by atoms with Crippen molar-refractivity contribution in [2.45, 2.75) is 39.7 Å². The van der Waals surface area contributed by atoms with Crippen molar-refractivity contribution < 1.29 is 4.79 Å². The molecule has 0 radical (unpaired) electrons. The molecule has 2 atom stereocenters. The maximum Gasteiger partial charge on any atom is 0.228 e. The highest BCUT2D eigenvalue weighted by Crippen LogP contribution is 2.29. The number of nitrogens with two attached hydrogens (primary N) is 1. The number of thiazole rings is 1. The number of halogens is 1. The quantitative estimate of drug-likeness (QED) is 0.898. The van der Waals surface area contributed by atoms with Crippen LogP contribution >= 0.6 is 23.7 Å². The SMILES string of the molecule is CC(C)c1nc2ccc(NC(=O)C(C)C(C)N)cc2s1.Cl. The van der Waals surface area contributed by atoms with Crippen molar-refractivity contribution in [3.8, 4) is 0 Å². The third kappa shape index (κ3) is 4.15. The van der Waals surface area contributed by atoms with Gasteiger partial charge in [0.25, 0.3) is 0 Å². The zero-order valence-corrected chi connectivity index (χ0v) is 14.3. The van der Waals surface area contributed by atoms with Crippen molar-refractivity contribution in [2.24, 2.45) is 11.7 Å². The number of amides is 1. The molecule has 0 fully saturated rings. The molecule has 0 saturated carbocycles. The molecule has 0 aliphatic rings. The van der Waals surface area contributed by atoms with Gasteiger partial charge in [0.1, 0.15) is 0 Å². The van der Waals surface area contributed by atoms with E-state index in [1.165, 1.54) is 0 Å². The average molecular weight is 328 g/mol. The van der Waals surface area contributed by atoms with Crippen molar-refractivity contribution >= 4 is 45.6 Å². The van der Waals surface area contributed by atoms with Crippen molar-refractivity contribution in [1.29, 1.82) is 0 Å². The van der Waals surface area contributed by atoms with Crippen LogP contribution in [0.2, 0.25) is 0 Å².